The molecular formula is C38H42ClFN6O. The van der Waals surface area contributed by atoms with Crippen LogP contribution < -0.4 is 10.6 Å². The number of nitrogens with one attached hydrogen (secondary N) is 2. The molecule has 3 aromatic carbocycles. The first kappa shape index (κ1) is 32.8. The summed E-state index contributed by atoms with van der Waals surface area (Å²) in [5.41, 5.74) is 5.59. The second kappa shape index (κ2) is 15.2. The zero-order valence-corrected chi connectivity index (χ0v) is 27.7. The molecule has 0 spiro atoms. The van der Waals surface area contributed by atoms with Crippen LogP contribution in [0.4, 0.5) is 16.0 Å². The van der Waals surface area contributed by atoms with Crippen LogP contribution in [0.2, 0.25) is 5.02 Å². The molecule has 1 unspecified atom stereocenters. The van der Waals surface area contributed by atoms with Crippen LogP contribution in [0.5, 0.6) is 0 Å². The molecule has 6 rings (SSSR count). The van der Waals surface area contributed by atoms with Gasteiger partial charge in [0.25, 0.3) is 5.91 Å². The molecule has 4 aromatic rings. The van der Waals surface area contributed by atoms with E-state index in [1.165, 1.54) is 18.9 Å². The van der Waals surface area contributed by atoms with Gasteiger partial charge in [0, 0.05) is 66.3 Å². The van der Waals surface area contributed by atoms with Gasteiger partial charge in [-0.2, -0.15) is 0 Å². The van der Waals surface area contributed by atoms with E-state index in [9.17, 15) is 9.18 Å². The van der Waals surface area contributed by atoms with Crippen LogP contribution in [0.3, 0.4) is 0 Å². The highest BCUT2D eigenvalue weighted by atomic mass is 35.5. The van der Waals surface area contributed by atoms with Gasteiger partial charge in [-0.3, -0.25) is 9.69 Å². The van der Waals surface area contributed by atoms with Crippen LogP contribution in [0, 0.1) is 11.7 Å². The lowest BCUT2D eigenvalue weighted by Gasteiger charge is -2.37. The highest BCUT2D eigenvalue weighted by Gasteiger charge is 2.25. The van der Waals surface area contributed by atoms with E-state index >= 15 is 0 Å². The zero-order valence-electron chi connectivity index (χ0n) is 26.9. The Morgan fingerprint density at radius 3 is 2.57 bits per heavy atom. The molecule has 0 radical (unpaired) electrons. The minimum Gasteiger partial charge on any atom is -0.336 e. The van der Waals surface area contributed by atoms with Crippen LogP contribution >= 0.6 is 11.6 Å². The molecule has 1 aromatic heterocycles. The van der Waals surface area contributed by atoms with Crippen LogP contribution in [0.25, 0.3) is 16.8 Å². The molecule has 244 valence electrons. The molecule has 2 fully saturated rings. The number of piperidine rings is 1. The summed E-state index contributed by atoms with van der Waals surface area (Å²) in [6, 6.07) is 19.6. The number of amides is 1. The van der Waals surface area contributed by atoms with Gasteiger partial charge in [0.1, 0.15) is 5.82 Å². The van der Waals surface area contributed by atoms with Crippen molar-refractivity contribution in [1.29, 1.82) is 0 Å². The Morgan fingerprint density at radius 2 is 1.85 bits per heavy atom. The highest BCUT2D eigenvalue weighted by Crippen LogP contribution is 2.36. The SMILES string of the molecule is C=C(c1ccccc1F)c1cc(Cl)ccc1-c1nc(Nc2ccc(C(=O)N3CCN(CC4CCCNC4)CC3)cc2)ncc1CCC. The van der Waals surface area contributed by atoms with Gasteiger partial charge in [-0.15, -0.1) is 0 Å². The molecule has 0 aliphatic carbocycles. The van der Waals surface area contributed by atoms with Crippen LogP contribution in [-0.4, -0.2) is 71.5 Å². The fourth-order valence-electron chi connectivity index (χ4n) is 6.56. The van der Waals surface area contributed by atoms with Crippen molar-refractivity contribution in [2.45, 2.75) is 32.6 Å². The van der Waals surface area contributed by atoms with Crippen molar-refractivity contribution in [2.24, 2.45) is 5.92 Å². The number of benzene rings is 3. The first-order valence-electron chi connectivity index (χ1n) is 16.6. The Labute approximate surface area is 281 Å². The minimum atomic E-state index is -0.348. The molecule has 1 atom stereocenters. The fourth-order valence-corrected chi connectivity index (χ4v) is 6.73. The van der Waals surface area contributed by atoms with Crippen molar-refractivity contribution in [3.63, 3.8) is 0 Å². The van der Waals surface area contributed by atoms with Crippen molar-refractivity contribution in [1.82, 2.24) is 25.1 Å². The summed E-state index contributed by atoms with van der Waals surface area (Å²) < 4.78 is 14.8. The van der Waals surface area contributed by atoms with Gasteiger partial charge < -0.3 is 15.5 Å². The number of hydrogen-bond donors (Lipinski definition) is 2. The van der Waals surface area contributed by atoms with Gasteiger partial charge >= 0.3 is 0 Å². The number of carbonyl (C=O) groups is 1. The van der Waals surface area contributed by atoms with Crippen molar-refractivity contribution >= 4 is 34.7 Å². The summed E-state index contributed by atoms with van der Waals surface area (Å²) in [6.07, 6.45) is 6.05. The molecule has 2 aliphatic rings. The fraction of sp³-hybridized carbons (Fsp3) is 0.342. The van der Waals surface area contributed by atoms with Gasteiger partial charge in [-0.25, -0.2) is 14.4 Å². The van der Waals surface area contributed by atoms with Crippen molar-refractivity contribution in [2.75, 3.05) is 51.1 Å². The molecule has 47 heavy (non-hydrogen) atoms. The second-order valence-corrected chi connectivity index (χ2v) is 12.9. The average Bonchev–Trinajstić information content (AvgIpc) is 3.10. The maximum atomic E-state index is 14.8. The Kier molecular flexibility index (Phi) is 10.6. The molecule has 2 aliphatic heterocycles. The number of halogens is 2. The van der Waals surface area contributed by atoms with Gasteiger partial charge in [-0.1, -0.05) is 55.8 Å². The highest BCUT2D eigenvalue weighted by molar-refractivity contribution is 6.31. The molecule has 3 heterocycles. The van der Waals surface area contributed by atoms with E-state index < -0.39 is 0 Å². The summed E-state index contributed by atoms with van der Waals surface area (Å²) in [7, 11) is 0. The largest absolute Gasteiger partial charge is 0.336 e. The van der Waals surface area contributed by atoms with Gasteiger partial charge in [0.2, 0.25) is 5.95 Å². The smallest absolute Gasteiger partial charge is 0.253 e. The maximum absolute atomic E-state index is 14.8. The molecule has 2 N–H and O–H groups in total. The Hall–Kier alpha value is -4.11. The van der Waals surface area contributed by atoms with Gasteiger partial charge in [0.15, 0.2) is 0 Å². The van der Waals surface area contributed by atoms with E-state index in [1.807, 2.05) is 47.5 Å². The Balaban J connectivity index is 1.17. The normalized spacial score (nSPS) is 17.0. The zero-order chi connectivity index (χ0) is 32.8. The lowest BCUT2D eigenvalue weighted by atomic mass is 9.91. The Morgan fingerprint density at radius 1 is 1.06 bits per heavy atom. The number of aromatic nitrogens is 2. The number of carbonyl (C=O) groups excluding carboxylic acids is 1. The second-order valence-electron chi connectivity index (χ2n) is 12.5. The summed E-state index contributed by atoms with van der Waals surface area (Å²) in [5, 5.41) is 7.34. The third-order valence-corrected chi connectivity index (χ3v) is 9.34. The van der Waals surface area contributed by atoms with E-state index in [1.54, 1.807) is 24.3 Å². The Bertz CT molecular complexity index is 1710. The topological polar surface area (TPSA) is 73.4 Å². The van der Waals surface area contributed by atoms with Crippen molar-refractivity contribution in [3.8, 4) is 11.3 Å². The number of aryl methyl sites for hydroxylation is 1. The molecule has 7 nitrogen and oxygen atoms in total. The lowest BCUT2D eigenvalue weighted by Crippen LogP contribution is -2.50. The van der Waals surface area contributed by atoms with E-state index in [4.69, 9.17) is 16.6 Å². The summed E-state index contributed by atoms with van der Waals surface area (Å²) in [6.45, 7) is 13.0. The molecule has 0 bridgehead atoms. The molecule has 2 saturated heterocycles. The monoisotopic (exact) mass is 652 g/mol. The quantitative estimate of drug-likeness (QED) is 0.185. The third-order valence-electron chi connectivity index (χ3n) is 9.11. The average molecular weight is 653 g/mol. The van der Waals surface area contributed by atoms with Crippen LogP contribution in [0.15, 0.2) is 79.5 Å². The number of rotatable bonds is 10. The lowest BCUT2D eigenvalue weighted by molar-refractivity contribution is 0.0610. The maximum Gasteiger partial charge on any atom is 0.253 e. The number of piperazine rings is 1. The number of anilines is 2. The minimum absolute atomic E-state index is 0.0586. The van der Waals surface area contributed by atoms with E-state index in [-0.39, 0.29) is 11.7 Å². The number of hydrogen-bond acceptors (Lipinski definition) is 6. The first-order chi connectivity index (χ1) is 22.9. The molecule has 1 amide bonds. The van der Waals surface area contributed by atoms with Crippen molar-refractivity contribution in [3.05, 3.63) is 113 Å². The molecule has 9 heteroatoms. The summed E-state index contributed by atoms with van der Waals surface area (Å²) >= 11 is 6.43. The van der Waals surface area contributed by atoms with E-state index in [0.717, 1.165) is 81.2 Å². The molecular weight excluding hydrogens is 611 g/mol. The summed E-state index contributed by atoms with van der Waals surface area (Å²) in [4.78, 5) is 27.3. The van der Waals surface area contributed by atoms with Gasteiger partial charge in [-0.05, 0) is 97.4 Å². The predicted octanol–water partition coefficient (Wildman–Crippen LogP) is 7.45. The van der Waals surface area contributed by atoms with Crippen molar-refractivity contribution < 1.29 is 9.18 Å². The van der Waals surface area contributed by atoms with Gasteiger partial charge in [0.05, 0.1) is 5.69 Å². The van der Waals surface area contributed by atoms with E-state index in [2.05, 4.69) is 34.0 Å². The standard InChI is InChI=1S/C38H42ClFN6O/c1-3-7-29-24-42-38(44-36(29)33-16-13-30(39)22-34(33)26(2)32-9-4-5-10-35(32)40)43-31-14-11-28(12-15-31)37(47)46-20-18-45(19-21-46)25-27-8-6-17-41-23-27/h4-5,9-16,22,24,27,41H,2-3,6-8,17-21,23,25H2,1H3,(H,42,43,44). The first-order valence-corrected chi connectivity index (χ1v) is 17.0. The predicted molar refractivity (Wildman–Crippen MR) is 189 cm³/mol. The molecule has 0 saturated carbocycles. The van der Waals surface area contributed by atoms with Crippen LogP contribution in [-0.2, 0) is 6.42 Å². The number of nitrogens with zero attached hydrogens (tertiary/aromatic N) is 4. The van der Waals surface area contributed by atoms with Crippen LogP contribution in [0.1, 0.15) is 53.2 Å². The third kappa shape index (κ3) is 7.89. The summed E-state index contributed by atoms with van der Waals surface area (Å²) in [5.74, 6) is 0.836. The van der Waals surface area contributed by atoms with E-state index in [0.29, 0.717) is 39.2 Å².